The van der Waals surface area contributed by atoms with Crippen LogP contribution in [0.5, 0.6) is 11.5 Å². The standard InChI is InChI=1S/C15H20N6O3/c1-23-12-6-10(15(22)17-11-2-4-16-5-3-11)7-13(8-12)24-9-14-18-20-21-19-14/h6-8,11,16H,2-5,9H2,1H3,(H,17,22)(H,18,19,20,21). The van der Waals surface area contributed by atoms with Gasteiger partial charge in [0.2, 0.25) is 0 Å². The summed E-state index contributed by atoms with van der Waals surface area (Å²) < 4.78 is 10.9. The fourth-order valence-corrected chi connectivity index (χ4v) is 2.53. The Morgan fingerprint density at radius 3 is 2.79 bits per heavy atom. The Balaban J connectivity index is 1.69. The second kappa shape index (κ2) is 7.73. The van der Waals surface area contributed by atoms with Gasteiger partial charge in [-0.05, 0) is 48.5 Å². The number of H-pyrrole nitrogens is 1. The summed E-state index contributed by atoms with van der Waals surface area (Å²) in [7, 11) is 1.55. The summed E-state index contributed by atoms with van der Waals surface area (Å²) in [5.74, 6) is 1.44. The second-order valence-corrected chi connectivity index (χ2v) is 5.53. The number of methoxy groups -OCH3 is 1. The molecule has 3 rings (SSSR count). The second-order valence-electron chi connectivity index (χ2n) is 5.53. The van der Waals surface area contributed by atoms with E-state index in [0.29, 0.717) is 22.9 Å². The van der Waals surface area contributed by atoms with Crippen LogP contribution in [0.25, 0.3) is 0 Å². The number of aromatic amines is 1. The largest absolute Gasteiger partial charge is 0.497 e. The van der Waals surface area contributed by atoms with E-state index in [4.69, 9.17) is 9.47 Å². The molecule has 3 N–H and O–H groups in total. The number of aromatic nitrogens is 4. The summed E-state index contributed by atoms with van der Waals surface area (Å²) in [6.45, 7) is 2.01. The normalized spacial score (nSPS) is 15.0. The highest BCUT2D eigenvalue weighted by molar-refractivity contribution is 5.95. The number of carbonyl (C=O) groups excluding carboxylic acids is 1. The minimum atomic E-state index is -0.132. The van der Waals surface area contributed by atoms with Crippen molar-refractivity contribution in [3.8, 4) is 11.5 Å². The molecule has 0 aliphatic carbocycles. The Labute approximate surface area is 139 Å². The molecule has 2 aromatic rings. The average molecular weight is 332 g/mol. The molecule has 0 spiro atoms. The third-order valence-electron chi connectivity index (χ3n) is 3.82. The van der Waals surface area contributed by atoms with Crippen LogP contribution in [-0.2, 0) is 6.61 Å². The van der Waals surface area contributed by atoms with E-state index in [-0.39, 0.29) is 18.6 Å². The molecule has 9 nitrogen and oxygen atoms in total. The fraction of sp³-hybridized carbons (Fsp3) is 0.467. The monoisotopic (exact) mass is 332 g/mol. The van der Waals surface area contributed by atoms with Crippen molar-refractivity contribution in [2.24, 2.45) is 0 Å². The molecule has 0 unspecified atom stereocenters. The van der Waals surface area contributed by atoms with Gasteiger partial charge in [-0.25, -0.2) is 5.10 Å². The van der Waals surface area contributed by atoms with Gasteiger partial charge in [0.15, 0.2) is 5.82 Å². The Morgan fingerprint density at radius 1 is 1.29 bits per heavy atom. The third-order valence-corrected chi connectivity index (χ3v) is 3.82. The van der Waals surface area contributed by atoms with E-state index in [0.717, 1.165) is 25.9 Å². The molecular formula is C15H20N6O3. The maximum atomic E-state index is 12.5. The molecule has 1 aliphatic heterocycles. The fourth-order valence-electron chi connectivity index (χ4n) is 2.53. The van der Waals surface area contributed by atoms with Crippen molar-refractivity contribution in [3.63, 3.8) is 0 Å². The number of rotatable bonds is 6. The van der Waals surface area contributed by atoms with Gasteiger partial charge < -0.3 is 20.1 Å². The van der Waals surface area contributed by atoms with E-state index >= 15 is 0 Å². The molecule has 0 radical (unpaired) electrons. The molecule has 1 aliphatic rings. The molecule has 1 aromatic heterocycles. The first-order valence-electron chi connectivity index (χ1n) is 7.80. The van der Waals surface area contributed by atoms with Crippen molar-refractivity contribution >= 4 is 5.91 Å². The van der Waals surface area contributed by atoms with Gasteiger partial charge in [-0.3, -0.25) is 4.79 Å². The van der Waals surface area contributed by atoms with E-state index < -0.39 is 0 Å². The van der Waals surface area contributed by atoms with Gasteiger partial charge in [0.05, 0.1) is 7.11 Å². The number of tetrazole rings is 1. The molecule has 1 amide bonds. The minimum Gasteiger partial charge on any atom is -0.497 e. The van der Waals surface area contributed by atoms with Crippen LogP contribution in [0.15, 0.2) is 18.2 Å². The lowest BCUT2D eigenvalue weighted by atomic mass is 10.1. The van der Waals surface area contributed by atoms with E-state index in [1.807, 2.05) is 0 Å². The number of hydrogen-bond donors (Lipinski definition) is 3. The molecule has 24 heavy (non-hydrogen) atoms. The molecule has 1 aromatic carbocycles. The van der Waals surface area contributed by atoms with E-state index in [9.17, 15) is 4.79 Å². The molecule has 0 saturated carbocycles. The lowest BCUT2D eigenvalue weighted by Gasteiger charge is -2.23. The van der Waals surface area contributed by atoms with Crippen molar-refractivity contribution < 1.29 is 14.3 Å². The number of nitrogens with zero attached hydrogens (tertiary/aromatic N) is 3. The Morgan fingerprint density at radius 2 is 2.08 bits per heavy atom. The zero-order valence-electron chi connectivity index (χ0n) is 13.4. The quantitative estimate of drug-likeness (QED) is 0.695. The summed E-state index contributed by atoms with van der Waals surface area (Å²) in [5, 5.41) is 19.7. The zero-order chi connectivity index (χ0) is 16.8. The molecule has 0 atom stereocenters. The molecular weight excluding hydrogens is 312 g/mol. The van der Waals surface area contributed by atoms with Gasteiger partial charge in [-0.1, -0.05) is 0 Å². The Bertz CT molecular complexity index is 670. The number of amides is 1. The topological polar surface area (TPSA) is 114 Å². The van der Waals surface area contributed by atoms with Gasteiger partial charge in [-0.15, -0.1) is 5.10 Å². The predicted molar refractivity (Wildman–Crippen MR) is 84.9 cm³/mol. The number of piperidine rings is 1. The first kappa shape index (κ1) is 16.2. The molecule has 9 heteroatoms. The summed E-state index contributed by atoms with van der Waals surface area (Å²) in [5.41, 5.74) is 0.499. The van der Waals surface area contributed by atoms with Crippen LogP contribution in [0.3, 0.4) is 0 Å². The zero-order valence-corrected chi connectivity index (χ0v) is 13.4. The van der Waals surface area contributed by atoms with Crippen molar-refractivity contribution in [1.82, 2.24) is 31.3 Å². The van der Waals surface area contributed by atoms with Crippen molar-refractivity contribution in [1.29, 1.82) is 0 Å². The minimum absolute atomic E-state index is 0.132. The third kappa shape index (κ3) is 4.19. The summed E-state index contributed by atoms with van der Waals surface area (Å²) in [6.07, 6.45) is 1.86. The Kier molecular flexibility index (Phi) is 5.22. The van der Waals surface area contributed by atoms with Gasteiger partial charge >= 0.3 is 0 Å². The first-order chi connectivity index (χ1) is 11.7. The number of ether oxygens (including phenoxy) is 2. The van der Waals surface area contributed by atoms with Crippen LogP contribution in [0.4, 0.5) is 0 Å². The molecule has 1 saturated heterocycles. The SMILES string of the molecule is COc1cc(OCc2nnn[nH]2)cc(C(=O)NC2CCNCC2)c1. The molecule has 128 valence electrons. The van der Waals surface area contributed by atoms with Crippen LogP contribution in [-0.4, -0.2) is 52.8 Å². The number of carbonyl (C=O) groups is 1. The van der Waals surface area contributed by atoms with Gasteiger partial charge in [0, 0.05) is 17.7 Å². The van der Waals surface area contributed by atoms with E-state index in [2.05, 4.69) is 31.3 Å². The highest BCUT2D eigenvalue weighted by atomic mass is 16.5. The van der Waals surface area contributed by atoms with Crippen LogP contribution >= 0.6 is 0 Å². The molecule has 0 bridgehead atoms. The lowest BCUT2D eigenvalue weighted by molar-refractivity contribution is 0.0928. The first-order valence-corrected chi connectivity index (χ1v) is 7.80. The lowest BCUT2D eigenvalue weighted by Crippen LogP contribution is -2.42. The van der Waals surface area contributed by atoms with Crippen LogP contribution < -0.4 is 20.1 Å². The summed E-state index contributed by atoms with van der Waals surface area (Å²) >= 11 is 0. The van der Waals surface area contributed by atoms with Crippen molar-refractivity contribution in [2.75, 3.05) is 20.2 Å². The maximum Gasteiger partial charge on any atom is 0.251 e. The molecule has 1 fully saturated rings. The Hall–Kier alpha value is -2.68. The maximum absolute atomic E-state index is 12.5. The van der Waals surface area contributed by atoms with Crippen LogP contribution in [0, 0.1) is 0 Å². The van der Waals surface area contributed by atoms with Gasteiger partial charge in [0.1, 0.15) is 18.1 Å². The predicted octanol–water partition coefficient (Wildman–Crippen LogP) is 0.269. The average Bonchev–Trinajstić information content (AvgIpc) is 3.14. The van der Waals surface area contributed by atoms with Crippen LogP contribution in [0.2, 0.25) is 0 Å². The summed E-state index contributed by atoms with van der Waals surface area (Å²) in [4.78, 5) is 12.5. The van der Waals surface area contributed by atoms with E-state index in [1.54, 1.807) is 25.3 Å². The summed E-state index contributed by atoms with van der Waals surface area (Å²) in [6, 6.07) is 5.28. The van der Waals surface area contributed by atoms with Crippen LogP contribution in [0.1, 0.15) is 29.0 Å². The number of hydrogen-bond acceptors (Lipinski definition) is 7. The van der Waals surface area contributed by atoms with E-state index in [1.165, 1.54) is 0 Å². The smallest absolute Gasteiger partial charge is 0.251 e. The highest BCUT2D eigenvalue weighted by Gasteiger charge is 2.17. The van der Waals surface area contributed by atoms with Crippen molar-refractivity contribution in [2.45, 2.75) is 25.5 Å². The van der Waals surface area contributed by atoms with Gasteiger partial charge in [-0.2, -0.15) is 0 Å². The molecule has 2 heterocycles. The van der Waals surface area contributed by atoms with Gasteiger partial charge in [0.25, 0.3) is 5.91 Å². The number of nitrogens with one attached hydrogen (secondary N) is 3. The highest BCUT2D eigenvalue weighted by Crippen LogP contribution is 2.23. The van der Waals surface area contributed by atoms with Crippen molar-refractivity contribution in [3.05, 3.63) is 29.6 Å². The number of benzene rings is 1.